The Labute approximate surface area is 183 Å². The van der Waals surface area contributed by atoms with E-state index in [2.05, 4.69) is 25.6 Å². The fourth-order valence-corrected chi connectivity index (χ4v) is 2.98. The third kappa shape index (κ3) is 5.64. The van der Waals surface area contributed by atoms with Crippen LogP contribution in [0.5, 0.6) is 5.75 Å². The van der Waals surface area contributed by atoms with Crippen molar-refractivity contribution in [3.05, 3.63) is 54.4 Å². The molecule has 0 aliphatic rings. The molecule has 170 valence electrons. The fraction of sp³-hybridized carbons (Fsp3) is 0.318. The summed E-state index contributed by atoms with van der Waals surface area (Å²) in [6.07, 6.45) is -1.33. The second-order valence-corrected chi connectivity index (χ2v) is 7.42. The summed E-state index contributed by atoms with van der Waals surface area (Å²) in [6.45, 7) is 3.75. The first-order valence-corrected chi connectivity index (χ1v) is 9.90. The molecule has 2 aromatic heterocycles. The summed E-state index contributed by atoms with van der Waals surface area (Å²) in [5, 5.41) is 15.6. The van der Waals surface area contributed by atoms with Gasteiger partial charge in [-0.2, -0.15) is 18.2 Å². The van der Waals surface area contributed by atoms with Gasteiger partial charge in [-0.25, -0.2) is 4.98 Å². The normalized spacial score (nSPS) is 12.5. The quantitative estimate of drug-likeness (QED) is 0.459. The number of methoxy groups -OCH3 is 1. The Morgan fingerprint density at radius 1 is 1.12 bits per heavy atom. The largest absolute Gasteiger partial charge is 0.496 e. The number of halogens is 3. The molecule has 2 heterocycles. The number of rotatable bonds is 8. The van der Waals surface area contributed by atoms with Gasteiger partial charge in [-0.1, -0.05) is 13.8 Å². The molecule has 3 rings (SSSR count). The SMILES string of the molecule is COc1ccc(Nc2cc(-c3cccnc3)nc(N[C@@H](CO)C(C)C)n2)cc1C(F)(F)F. The number of hydrogen-bond donors (Lipinski definition) is 3. The zero-order valence-corrected chi connectivity index (χ0v) is 17.8. The van der Waals surface area contributed by atoms with Crippen LogP contribution >= 0.6 is 0 Å². The molecule has 3 aromatic rings. The number of benzene rings is 1. The van der Waals surface area contributed by atoms with Crippen LogP contribution in [0.1, 0.15) is 19.4 Å². The van der Waals surface area contributed by atoms with Crippen molar-refractivity contribution in [2.45, 2.75) is 26.1 Å². The lowest BCUT2D eigenvalue weighted by Crippen LogP contribution is -2.30. The van der Waals surface area contributed by atoms with E-state index in [1.807, 2.05) is 19.9 Å². The minimum Gasteiger partial charge on any atom is -0.496 e. The average molecular weight is 447 g/mol. The Balaban J connectivity index is 2.01. The lowest BCUT2D eigenvalue weighted by atomic mass is 10.1. The van der Waals surface area contributed by atoms with E-state index in [9.17, 15) is 18.3 Å². The molecule has 0 aliphatic heterocycles. The molecule has 0 saturated heterocycles. The number of nitrogens with zero attached hydrogens (tertiary/aromatic N) is 3. The zero-order valence-electron chi connectivity index (χ0n) is 17.8. The number of aliphatic hydroxyl groups excluding tert-OH is 1. The van der Waals surface area contributed by atoms with Crippen LogP contribution in [0.3, 0.4) is 0 Å². The van der Waals surface area contributed by atoms with Crippen LogP contribution < -0.4 is 15.4 Å². The van der Waals surface area contributed by atoms with Crippen LogP contribution in [0, 0.1) is 5.92 Å². The molecule has 3 N–H and O–H groups in total. The summed E-state index contributed by atoms with van der Waals surface area (Å²) < 4.78 is 45.0. The van der Waals surface area contributed by atoms with Gasteiger partial charge in [-0.3, -0.25) is 4.98 Å². The number of anilines is 3. The second-order valence-electron chi connectivity index (χ2n) is 7.42. The lowest BCUT2D eigenvalue weighted by molar-refractivity contribution is -0.138. The van der Waals surface area contributed by atoms with Gasteiger partial charge in [0.25, 0.3) is 0 Å². The molecular weight excluding hydrogens is 423 g/mol. The van der Waals surface area contributed by atoms with Gasteiger partial charge in [0.05, 0.1) is 31.0 Å². The first-order valence-electron chi connectivity index (χ1n) is 9.90. The van der Waals surface area contributed by atoms with Crippen LogP contribution in [-0.4, -0.2) is 39.8 Å². The number of ether oxygens (including phenoxy) is 1. The smallest absolute Gasteiger partial charge is 0.420 e. The maximum atomic E-state index is 13.4. The van der Waals surface area contributed by atoms with E-state index in [4.69, 9.17) is 4.74 Å². The highest BCUT2D eigenvalue weighted by atomic mass is 19.4. The minimum absolute atomic E-state index is 0.0954. The second kappa shape index (κ2) is 9.82. The Bertz CT molecular complexity index is 1050. The topological polar surface area (TPSA) is 92.2 Å². The summed E-state index contributed by atoms with van der Waals surface area (Å²) in [6, 6.07) is 8.55. The Kier molecular flexibility index (Phi) is 7.14. The number of aliphatic hydroxyl groups is 1. The molecule has 0 bridgehead atoms. The number of hydrogen-bond acceptors (Lipinski definition) is 7. The van der Waals surface area contributed by atoms with Crippen molar-refractivity contribution in [3.8, 4) is 17.0 Å². The molecule has 1 atom stereocenters. The highest BCUT2D eigenvalue weighted by molar-refractivity contribution is 5.67. The van der Waals surface area contributed by atoms with Crippen molar-refractivity contribution in [3.63, 3.8) is 0 Å². The number of aromatic nitrogens is 3. The molecule has 0 spiro atoms. The minimum atomic E-state index is -4.58. The maximum absolute atomic E-state index is 13.4. The van der Waals surface area contributed by atoms with Crippen molar-refractivity contribution < 1.29 is 23.0 Å². The van der Waals surface area contributed by atoms with Gasteiger partial charge in [0.15, 0.2) is 0 Å². The van der Waals surface area contributed by atoms with E-state index in [0.29, 0.717) is 11.3 Å². The van der Waals surface area contributed by atoms with Gasteiger partial charge >= 0.3 is 6.18 Å². The average Bonchev–Trinajstić information content (AvgIpc) is 2.77. The Morgan fingerprint density at radius 3 is 2.50 bits per heavy atom. The van der Waals surface area contributed by atoms with Gasteiger partial charge in [0.2, 0.25) is 5.95 Å². The fourth-order valence-electron chi connectivity index (χ4n) is 2.98. The molecule has 0 amide bonds. The van der Waals surface area contributed by atoms with E-state index in [0.717, 1.165) is 6.07 Å². The molecule has 10 heteroatoms. The molecule has 0 radical (unpaired) electrons. The lowest BCUT2D eigenvalue weighted by Gasteiger charge is -2.21. The third-order valence-electron chi connectivity index (χ3n) is 4.78. The summed E-state index contributed by atoms with van der Waals surface area (Å²) in [7, 11) is 1.19. The molecular formula is C22H24F3N5O2. The van der Waals surface area contributed by atoms with Crippen molar-refractivity contribution in [2.24, 2.45) is 5.92 Å². The van der Waals surface area contributed by atoms with Crippen LogP contribution in [0.2, 0.25) is 0 Å². The predicted molar refractivity (Wildman–Crippen MR) is 116 cm³/mol. The molecule has 1 aromatic carbocycles. The van der Waals surface area contributed by atoms with Crippen molar-refractivity contribution >= 4 is 17.5 Å². The zero-order chi connectivity index (χ0) is 23.3. The maximum Gasteiger partial charge on any atom is 0.420 e. The highest BCUT2D eigenvalue weighted by Crippen LogP contribution is 2.38. The first-order chi connectivity index (χ1) is 15.2. The van der Waals surface area contributed by atoms with Crippen molar-refractivity contribution in [1.82, 2.24) is 15.0 Å². The molecule has 32 heavy (non-hydrogen) atoms. The standard InChI is InChI=1S/C22H24F3N5O2/c1-13(2)18(12-31)29-21-28-17(14-5-4-8-26-11-14)10-20(30-21)27-15-6-7-19(32-3)16(9-15)22(23,24)25/h4-11,13,18,31H,12H2,1-3H3,(H2,27,28,29,30)/t18-/m0/s1. The van der Waals surface area contributed by atoms with E-state index in [1.54, 1.807) is 24.5 Å². The van der Waals surface area contributed by atoms with Crippen LogP contribution in [0.4, 0.5) is 30.6 Å². The van der Waals surface area contributed by atoms with E-state index in [-0.39, 0.29) is 41.8 Å². The Hall–Kier alpha value is -3.40. The predicted octanol–water partition coefficient (Wildman–Crippen LogP) is 4.74. The third-order valence-corrected chi connectivity index (χ3v) is 4.78. The Morgan fingerprint density at radius 2 is 1.91 bits per heavy atom. The van der Waals surface area contributed by atoms with E-state index in [1.165, 1.54) is 19.2 Å². The van der Waals surface area contributed by atoms with Crippen molar-refractivity contribution in [2.75, 3.05) is 24.4 Å². The van der Waals surface area contributed by atoms with Gasteiger partial charge in [-0.15, -0.1) is 0 Å². The van der Waals surface area contributed by atoms with E-state index >= 15 is 0 Å². The molecule has 7 nitrogen and oxygen atoms in total. The monoisotopic (exact) mass is 447 g/mol. The van der Waals surface area contributed by atoms with Gasteiger partial charge in [0, 0.05) is 29.7 Å². The first kappa shape index (κ1) is 23.3. The van der Waals surface area contributed by atoms with Crippen LogP contribution in [0.25, 0.3) is 11.3 Å². The summed E-state index contributed by atoms with van der Waals surface area (Å²) in [4.78, 5) is 13.0. The van der Waals surface area contributed by atoms with Gasteiger partial charge in [-0.05, 0) is 36.2 Å². The van der Waals surface area contributed by atoms with E-state index < -0.39 is 11.7 Å². The van der Waals surface area contributed by atoms with Crippen molar-refractivity contribution in [1.29, 1.82) is 0 Å². The number of pyridine rings is 1. The number of nitrogens with one attached hydrogen (secondary N) is 2. The summed E-state index contributed by atoms with van der Waals surface area (Å²) in [5.74, 6) is 0.330. The number of alkyl halides is 3. The van der Waals surface area contributed by atoms with Crippen LogP contribution in [0.15, 0.2) is 48.8 Å². The summed E-state index contributed by atoms with van der Waals surface area (Å²) >= 11 is 0. The van der Waals surface area contributed by atoms with Crippen LogP contribution in [-0.2, 0) is 6.18 Å². The molecule has 0 aliphatic carbocycles. The molecule has 0 saturated carbocycles. The molecule has 0 unspecified atom stereocenters. The molecule has 0 fully saturated rings. The highest BCUT2D eigenvalue weighted by Gasteiger charge is 2.34. The summed E-state index contributed by atoms with van der Waals surface area (Å²) in [5.41, 5.74) is 0.507. The van der Waals surface area contributed by atoms with Gasteiger partial charge < -0.3 is 20.5 Å². The van der Waals surface area contributed by atoms with Gasteiger partial charge in [0.1, 0.15) is 11.6 Å².